The van der Waals surface area contributed by atoms with Gasteiger partial charge < -0.3 is 15.1 Å². The zero-order chi connectivity index (χ0) is 25.0. The first-order valence-corrected chi connectivity index (χ1v) is 12.4. The molecular weight excluding hydrogens is 453 g/mol. The standard InChI is InChI=1S/C27H33F3N4O/c1-26(2)21-7-5-4-6-18(21)14-23(26)32-19-8-9-22(31-15-19)24(27(28,29)30)33(3)25(35)20-16-34-12-10-17(20)11-13-34/h4-9,15,17,20,23-24,32H,10-14,16H2,1-3H3/t20?,23?,24-/m0/s1. The van der Waals surface area contributed by atoms with Crippen molar-refractivity contribution in [2.45, 2.75) is 56.8 Å². The maximum Gasteiger partial charge on any atom is 0.414 e. The molecule has 3 atom stereocenters. The van der Waals surface area contributed by atoms with Gasteiger partial charge in [-0.15, -0.1) is 0 Å². The Bertz CT molecular complexity index is 1080. The van der Waals surface area contributed by atoms with E-state index < -0.39 is 18.1 Å². The average Bonchev–Trinajstić information content (AvgIpc) is 3.09. The van der Waals surface area contributed by atoms with Gasteiger partial charge in [-0.1, -0.05) is 38.1 Å². The predicted molar refractivity (Wildman–Crippen MR) is 129 cm³/mol. The minimum Gasteiger partial charge on any atom is -0.380 e. The van der Waals surface area contributed by atoms with Crippen molar-refractivity contribution >= 4 is 11.6 Å². The van der Waals surface area contributed by atoms with Crippen molar-refractivity contribution in [1.82, 2.24) is 14.8 Å². The van der Waals surface area contributed by atoms with Crippen molar-refractivity contribution in [2.75, 3.05) is 32.0 Å². The molecule has 0 spiro atoms. The van der Waals surface area contributed by atoms with Gasteiger partial charge in [0.15, 0.2) is 6.04 Å². The lowest BCUT2D eigenvalue weighted by Crippen LogP contribution is -2.54. The number of aromatic nitrogens is 1. The van der Waals surface area contributed by atoms with Crippen LogP contribution < -0.4 is 5.32 Å². The summed E-state index contributed by atoms with van der Waals surface area (Å²) in [6.45, 7) is 6.76. The number of halogens is 3. The minimum absolute atomic E-state index is 0.104. The molecule has 188 valence electrons. The second kappa shape index (κ2) is 8.80. The number of carbonyl (C=O) groups is 1. The van der Waals surface area contributed by atoms with Gasteiger partial charge in [-0.05, 0) is 61.5 Å². The van der Waals surface area contributed by atoms with Crippen LogP contribution in [0.15, 0.2) is 42.6 Å². The van der Waals surface area contributed by atoms with Gasteiger partial charge in [-0.2, -0.15) is 13.2 Å². The van der Waals surface area contributed by atoms with Crippen molar-refractivity contribution in [1.29, 1.82) is 0 Å². The monoisotopic (exact) mass is 486 g/mol. The van der Waals surface area contributed by atoms with Crippen molar-refractivity contribution in [3.63, 3.8) is 0 Å². The Morgan fingerprint density at radius 3 is 2.46 bits per heavy atom. The molecule has 8 heteroatoms. The van der Waals surface area contributed by atoms with E-state index in [-0.39, 0.29) is 29.0 Å². The smallest absolute Gasteiger partial charge is 0.380 e. The Balaban J connectivity index is 1.33. The Kier molecular flexibility index (Phi) is 6.06. The number of carbonyl (C=O) groups excluding carboxylic acids is 1. The number of rotatable bonds is 5. The second-order valence-corrected chi connectivity index (χ2v) is 10.9. The van der Waals surface area contributed by atoms with Gasteiger partial charge in [0.05, 0.1) is 23.5 Å². The highest BCUT2D eigenvalue weighted by Crippen LogP contribution is 2.42. The summed E-state index contributed by atoms with van der Waals surface area (Å²) in [5.41, 5.74) is 2.96. The van der Waals surface area contributed by atoms with Crippen molar-refractivity contribution < 1.29 is 18.0 Å². The second-order valence-electron chi connectivity index (χ2n) is 10.9. The van der Waals surface area contributed by atoms with Crippen molar-refractivity contribution in [2.24, 2.45) is 11.8 Å². The van der Waals surface area contributed by atoms with E-state index in [1.807, 2.05) is 12.1 Å². The number of hydrogen-bond acceptors (Lipinski definition) is 4. The largest absolute Gasteiger partial charge is 0.414 e. The Morgan fingerprint density at radius 1 is 1.17 bits per heavy atom. The highest BCUT2D eigenvalue weighted by molar-refractivity contribution is 5.80. The molecule has 2 unspecified atom stereocenters. The van der Waals surface area contributed by atoms with E-state index in [0.29, 0.717) is 12.2 Å². The van der Waals surface area contributed by atoms with Crippen LogP contribution in [0.25, 0.3) is 0 Å². The molecule has 4 heterocycles. The molecule has 1 N–H and O–H groups in total. The summed E-state index contributed by atoms with van der Waals surface area (Å²) < 4.78 is 42.6. The summed E-state index contributed by atoms with van der Waals surface area (Å²) >= 11 is 0. The van der Waals surface area contributed by atoms with E-state index in [1.54, 1.807) is 6.07 Å². The maximum atomic E-state index is 14.2. The molecule has 1 aliphatic carbocycles. The van der Waals surface area contributed by atoms with E-state index in [4.69, 9.17) is 0 Å². The third-order valence-electron chi connectivity index (χ3n) is 8.43. The molecule has 3 aliphatic heterocycles. The number of amides is 1. The van der Waals surface area contributed by atoms with Gasteiger partial charge in [0.25, 0.3) is 0 Å². The number of benzene rings is 1. The average molecular weight is 487 g/mol. The van der Waals surface area contributed by atoms with Crippen LogP contribution in [-0.4, -0.2) is 59.6 Å². The van der Waals surface area contributed by atoms with Crippen LogP contribution >= 0.6 is 0 Å². The molecule has 2 bridgehead atoms. The molecule has 2 aromatic rings. The number of nitrogens with zero attached hydrogens (tertiary/aromatic N) is 3. The highest BCUT2D eigenvalue weighted by Gasteiger charge is 2.49. The molecule has 0 saturated carbocycles. The van der Waals surface area contributed by atoms with Crippen LogP contribution in [0.4, 0.5) is 18.9 Å². The van der Waals surface area contributed by atoms with E-state index in [2.05, 4.69) is 41.2 Å². The predicted octanol–water partition coefficient (Wildman–Crippen LogP) is 4.80. The van der Waals surface area contributed by atoms with Crippen LogP contribution in [0.2, 0.25) is 0 Å². The fourth-order valence-corrected chi connectivity index (χ4v) is 6.29. The Hall–Kier alpha value is -2.61. The molecule has 1 amide bonds. The SMILES string of the molecule is CN(C(=O)C1CN2CCC1CC2)[C@@H](c1ccc(NC2Cc3ccccc3C2(C)C)cn1)C(F)(F)F. The first kappa shape index (κ1) is 24.1. The van der Waals surface area contributed by atoms with Gasteiger partial charge in [-0.25, -0.2) is 0 Å². The quantitative estimate of drug-likeness (QED) is 0.660. The lowest BCUT2D eigenvalue weighted by molar-refractivity contribution is -0.193. The lowest BCUT2D eigenvalue weighted by atomic mass is 9.78. The van der Waals surface area contributed by atoms with Crippen molar-refractivity contribution in [3.8, 4) is 0 Å². The molecule has 35 heavy (non-hydrogen) atoms. The topological polar surface area (TPSA) is 48.5 Å². The molecule has 1 aromatic heterocycles. The molecule has 1 aromatic carbocycles. The summed E-state index contributed by atoms with van der Waals surface area (Å²) in [6.07, 6.45) is -0.566. The van der Waals surface area contributed by atoms with Crippen LogP contribution in [0.3, 0.4) is 0 Å². The van der Waals surface area contributed by atoms with E-state index in [9.17, 15) is 18.0 Å². The minimum atomic E-state index is -4.62. The zero-order valence-corrected chi connectivity index (χ0v) is 20.5. The van der Waals surface area contributed by atoms with Gasteiger partial charge >= 0.3 is 6.18 Å². The summed E-state index contributed by atoms with van der Waals surface area (Å²) in [7, 11) is 1.27. The number of anilines is 1. The summed E-state index contributed by atoms with van der Waals surface area (Å²) in [4.78, 5) is 20.4. The van der Waals surface area contributed by atoms with Gasteiger partial charge in [0.1, 0.15) is 0 Å². The summed E-state index contributed by atoms with van der Waals surface area (Å²) in [5, 5.41) is 3.48. The Labute approximate surface area is 204 Å². The molecule has 4 aliphatic rings. The molecule has 5 nitrogen and oxygen atoms in total. The highest BCUT2D eigenvalue weighted by atomic mass is 19.4. The number of nitrogens with one attached hydrogen (secondary N) is 1. The van der Waals surface area contributed by atoms with Gasteiger partial charge in [0.2, 0.25) is 5.91 Å². The fourth-order valence-electron chi connectivity index (χ4n) is 6.29. The first-order chi connectivity index (χ1) is 16.6. The fraction of sp³-hybridized carbons (Fsp3) is 0.556. The van der Waals surface area contributed by atoms with Crippen LogP contribution in [0, 0.1) is 11.8 Å². The third-order valence-corrected chi connectivity index (χ3v) is 8.43. The molecule has 0 radical (unpaired) electrons. The van der Waals surface area contributed by atoms with Gasteiger partial charge in [0, 0.05) is 25.0 Å². The maximum absolute atomic E-state index is 14.2. The van der Waals surface area contributed by atoms with Gasteiger partial charge in [-0.3, -0.25) is 9.78 Å². The number of fused-ring (bicyclic) bond motifs is 4. The van der Waals surface area contributed by atoms with E-state index >= 15 is 0 Å². The van der Waals surface area contributed by atoms with E-state index in [0.717, 1.165) is 37.3 Å². The molecular formula is C27H33F3N4O. The third kappa shape index (κ3) is 4.41. The number of pyridine rings is 1. The molecule has 6 rings (SSSR count). The van der Waals surface area contributed by atoms with Crippen molar-refractivity contribution in [3.05, 3.63) is 59.4 Å². The van der Waals surface area contributed by atoms with Crippen LogP contribution in [-0.2, 0) is 16.6 Å². The Morgan fingerprint density at radius 2 is 1.89 bits per heavy atom. The number of hydrogen-bond donors (Lipinski definition) is 1. The normalized spacial score (nSPS) is 27.8. The first-order valence-electron chi connectivity index (χ1n) is 12.4. The van der Waals surface area contributed by atoms with Crippen LogP contribution in [0.1, 0.15) is 49.6 Å². The van der Waals surface area contributed by atoms with Crippen LogP contribution in [0.5, 0.6) is 0 Å². The zero-order valence-electron chi connectivity index (χ0n) is 20.5. The molecule has 3 fully saturated rings. The summed E-state index contributed by atoms with van der Waals surface area (Å²) in [5.74, 6) is -0.641. The lowest BCUT2D eigenvalue weighted by Gasteiger charge is -2.45. The van der Waals surface area contributed by atoms with E-state index in [1.165, 1.54) is 30.4 Å². The molecule has 3 saturated heterocycles. The number of alkyl halides is 3. The number of piperidine rings is 3. The summed E-state index contributed by atoms with van der Waals surface area (Å²) in [6, 6.07) is 9.40.